The molecule has 9 nitrogen and oxygen atoms in total. The van der Waals surface area contributed by atoms with Gasteiger partial charge in [-0.3, -0.25) is 19.3 Å². The predicted molar refractivity (Wildman–Crippen MR) is 142 cm³/mol. The third kappa shape index (κ3) is 7.88. The fourth-order valence-electron chi connectivity index (χ4n) is 4.80. The van der Waals surface area contributed by atoms with Crippen LogP contribution >= 0.6 is 0 Å². The lowest BCUT2D eigenvalue weighted by Crippen LogP contribution is -2.51. The molecule has 1 atom stereocenters. The Balaban J connectivity index is 1.53. The van der Waals surface area contributed by atoms with Crippen molar-refractivity contribution in [3.8, 4) is 0 Å². The number of carbonyl (C=O) groups excluding carboxylic acids is 3. The molecule has 3 N–H and O–H groups in total. The van der Waals surface area contributed by atoms with Gasteiger partial charge in [0.1, 0.15) is 0 Å². The molecule has 2 aromatic carbocycles. The van der Waals surface area contributed by atoms with E-state index in [0.29, 0.717) is 6.42 Å². The lowest BCUT2D eigenvalue weighted by molar-refractivity contribution is -0.139. The lowest BCUT2D eigenvalue weighted by Gasteiger charge is -2.40. The zero-order valence-electron chi connectivity index (χ0n) is 21.5. The second-order valence-corrected chi connectivity index (χ2v) is 9.21. The summed E-state index contributed by atoms with van der Waals surface area (Å²) in [5.74, 6) is -2.02. The van der Waals surface area contributed by atoms with Crippen LogP contribution in [0.1, 0.15) is 44.7 Å². The second kappa shape index (κ2) is 13.5. The lowest BCUT2D eigenvalue weighted by atomic mass is 9.95. The van der Waals surface area contributed by atoms with E-state index in [4.69, 9.17) is 5.11 Å². The molecule has 1 fully saturated rings. The number of hydrogen-bond donors (Lipinski definition) is 3. The number of nitrogens with one attached hydrogen (secondary N) is 2. The van der Waals surface area contributed by atoms with Gasteiger partial charge in [-0.2, -0.15) is 0 Å². The van der Waals surface area contributed by atoms with Gasteiger partial charge in [0.25, 0.3) is 0 Å². The quantitative estimate of drug-likeness (QED) is 0.401. The Bertz CT molecular complexity index is 1140. The third-order valence-corrected chi connectivity index (χ3v) is 6.82. The molecule has 3 rings (SSSR count). The van der Waals surface area contributed by atoms with Crippen LogP contribution in [0.3, 0.4) is 0 Å². The molecule has 0 aliphatic carbocycles. The zero-order chi connectivity index (χ0) is 26.8. The average molecular weight is 509 g/mol. The van der Waals surface area contributed by atoms with E-state index < -0.39 is 17.8 Å². The molecule has 37 heavy (non-hydrogen) atoms. The van der Waals surface area contributed by atoms with Gasteiger partial charge in [0, 0.05) is 44.2 Å². The number of likely N-dealkylation sites (tertiary alicyclic amines) is 1. The van der Waals surface area contributed by atoms with Crippen molar-refractivity contribution < 1.29 is 24.3 Å². The molecule has 1 saturated heterocycles. The van der Waals surface area contributed by atoms with Crippen molar-refractivity contribution in [1.29, 1.82) is 0 Å². The number of carboxylic acids is 1. The van der Waals surface area contributed by atoms with Gasteiger partial charge in [-0.25, -0.2) is 4.79 Å². The van der Waals surface area contributed by atoms with Crippen molar-refractivity contribution in [3.05, 3.63) is 60.2 Å². The maximum atomic E-state index is 12.7. The minimum atomic E-state index is -1.10. The molecule has 1 heterocycles. The SMILES string of the molecule is CCC(=O)N(CC(=O)NCC(=O)NC/C=C/C(=O)O)C1CCN(C(C)c2cccc3ccccc23)CC1. The highest BCUT2D eigenvalue weighted by Gasteiger charge is 2.30. The van der Waals surface area contributed by atoms with Gasteiger partial charge in [0.2, 0.25) is 17.7 Å². The highest BCUT2D eigenvalue weighted by Crippen LogP contribution is 2.31. The van der Waals surface area contributed by atoms with E-state index in [1.54, 1.807) is 11.8 Å². The molecule has 9 heteroatoms. The molecule has 198 valence electrons. The van der Waals surface area contributed by atoms with Gasteiger partial charge in [-0.1, -0.05) is 55.5 Å². The molecule has 0 spiro atoms. The average Bonchev–Trinajstić information content (AvgIpc) is 2.91. The zero-order valence-corrected chi connectivity index (χ0v) is 21.5. The number of rotatable bonds is 11. The van der Waals surface area contributed by atoms with E-state index >= 15 is 0 Å². The van der Waals surface area contributed by atoms with E-state index in [2.05, 4.69) is 58.9 Å². The number of carbonyl (C=O) groups is 4. The Morgan fingerprint density at radius 3 is 2.46 bits per heavy atom. The molecular weight excluding hydrogens is 472 g/mol. The van der Waals surface area contributed by atoms with Crippen molar-refractivity contribution in [3.63, 3.8) is 0 Å². The number of piperidine rings is 1. The fraction of sp³-hybridized carbons (Fsp3) is 0.429. The van der Waals surface area contributed by atoms with Crippen LogP contribution < -0.4 is 10.6 Å². The molecule has 2 aromatic rings. The van der Waals surface area contributed by atoms with Crippen molar-refractivity contribution in [2.75, 3.05) is 32.7 Å². The minimum Gasteiger partial charge on any atom is -0.478 e. The maximum Gasteiger partial charge on any atom is 0.328 e. The van der Waals surface area contributed by atoms with Crippen LogP contribution in [0.2, 0.25) is 0 Å². The molecule has 1 aliphatic rings. The molecular formula is C28H36N4O5. The van der Waals surface area contributed by atoms with Crippen LogP contribution in [-0.2, 0) is 19.2 Å². The van der Waals surface area contributed by atoms with Gasteiger partial charge in [-0.05, 0) is 36.1 Å². The van der Waals surface area contributed by atoms with E-state index in [1.165, 1.54) is 22.4 Å². The Kier molecular flexibility index (Phi) is 10.2. The van der Waals surface area contributed by atoms with Gasteiger partial charge < -0.3 is 20.6 Å². The number of benzene rings is 2. The monoisotopic (exact) mass is 508 g/mol. The van der Waals surface area contributed by atoms with Gasteiger partial charge in [0.05, 0.1) is 13.1 Å². The maximum absolute atomic E-state index is 12.7. The fourth-order valence-corrected chi connectivity index (χ4v) is 4.80. The number of hydrogen-bond acceptors (Lipinski definition) is 5. The Morgan fingerprint density at radius 2 is 1.76 bits per heavy atom. The molecule has 3 amide bonds. The van der Waals surface area contributed by atoms with E-state index in [1.807, 2.05) is 6.07 Å². The standard InChI is InChI=1S/C28H36N4O5/c1-3-27(35)32(19-26(34)30-18-25(33)29-15-7-12-28(36)37)22-13-16-31(17-14-22)20(2)23-11-6-9-21-8-4-5-10-24(21)23/h4-12,20,22H,3,13-19H2,1-2H3,(H,29,33)(H,30,34)(H,36,37)/b12-7+. The number of aliphatic carboxylic acids is 1. The summed E-state index contributed by atoms with van der Waals surface area (Å²) in [7, 11) is 0. The summed E-state index contributed by atoms with van der Waals surface area (Å²) in [6, 6.07) is 15.0. The summed E-state index contributed by atoms with van der Waals surface area (Å²) in [6.45, 7) is 5.34. The number of amides is 3. The first-order valence-corrected chi connectivity index (χ1v) is 12.7. The summed E-state index contributed by atoms with van der Waals surface area (Å²) in [6.07, 6.45) is 4.07. The van der Waals surface area contributed by atoms with Crippen LogP contribution in [0.5, 0.6) is 0 Å². The first-order valence-electron chi connectivity index (χ1n) is 12.7. The van der Waals surface area contributed by atoms with Crippen molar-refractivity contribution in [1.82, 2.24) is 20.4 Å². The first-order chi connectivity index (χ1) is 17.8. The van der Waals surface area contributed by atoms with Gasteiger partial charge in [0.15, 0.2) is 0 Å². The number of fused-ring (bicyclic) bond motifs is 1. The highest BCUT2D eigenvalue weighted by atomic mass is 16.4. The summed E-state index contributed by atoms with van der Waals surface area (Å²) in [5.41, 5.74) is 1.29. The van der Waals surface area contributed by atoms with Crippen molar-refractivity contribution >= 4 is 34.5 Å². The predicted octanol–water partition coefficient (Wildman–Crippen LogP) is 2.48. The van der Waals surface area contributed by atoms with Gasteiger partial charge >= 0.3 is 5.97 Å². The van der Waals surface area contributed by atoms with E-state index in [9.17, 15) is 19.2 Å². The highest BCUT2D eigenvalue weighted by molar-refractivity contribution is 5.88. The second-order valence-electron chi connectivity index (χ2n) is 9.21. The normalized spacial score (nSPS) is 15.4. The van der Waals surface area contributed by atoms with Crippen molar-refractivity contribution in [2.45, 2.75) is 45.2 Å². The van der Waals surface area contributed by atoms with Crippen LogP contribution in [0.25, 0.3) is 10.8 Å². The topological polar surface area (TPSA) is 119 Å². The Morgan fingerprint density at radius 1 is 1.05 bits per heavy atom. The summed E-state index contributed by atoms with van der Waals surface area (Å²) >= 11 is 0. The number of carboxylic acid groups (broad SMARTS) is 1. The van der Waals surface area contributed by atoms with Crippen LogP contribution in [-0.4, -0.2) is 77.4 Å². The molecule has 1 aliphatic heterocycles. The molecule has 0 saturated carbocycles. The first kappa shape index (κ1) is 27.9. The largest absolute Gasteiger partial charge is 0.478 e. The molecule has 0 bridgehead atoms. The van der Waals surface area contributed by atoms with Crippen molar-refractivity contribution in [2.24, 2.45) is 0 Å². The Hall–Kier alpha value is -3.72. The molecule has 0 radical (unpaired) electrons. The van der Waals surface area contributed by atoms with Crippen LogP contribution in [0.4, 0.5) is 0 Å². The van der Waals surface area contributed by atoms with Gasteiger partial charge in [-0.15, -0.1) is 0 Å². The smallest absolute Gasteiger partial charge is 0.328 e. The van der Waals surface area contributed by atoms with E-state index in [-0.39, 0.29) is 37.6 Å². The minimum absolute atomic E-state index is 0.0378. The van der Waals surface area contributed by atoms with E-state index in [0.717, 1.165) is 32.0 Å². The summed E-state index contributed by atoms with van der Waals surface area (Å²) < 4.78 is 0. The molecule has 0 aromatic heterocycles. The Labute approximate surface area is 217 Å². The number of nitrogens with zero attached hydrogens (tertiary/aromatic N) is 2. The van der Waals surface area contributed by atoms with Crippen LogP contribution in [0.15, 0.2) is 54.6 Å². The summed E-state index contributed by atoms with van der Waals surface area (Å²) in [5, 5.41) is 16.1. The van der Waals surface area contributed by atoms with Crippen LogP contribution in [0, 0.1) is 0 Å². The third-order valence-electron chi connectivity index (χ3n) is 6.82. The molecule has 1 unspecified atom stereocenters. The summed E-state index contributed by atoms with van der Waals surface area (Å²) in [4.78, 5) is 51.6.